The van der Waals surface area contributed by atoms with E-state index >= 15 is 0 Å². The average molecular weight is 328 g/mol. The zero-order valence-corrected chi connectivity index (χ0v) is 13.7. The van der Waals surface area contributed by atoms with Crippen LogP contribution in [0.3, 0.4) is 0 Å². The molecule has 0 amide bonds. The molecule has 0 bridgehead atoms. The quantitative estimate of drug-likeness (QED) is 0.422. The molecule has 0 aromatic carbocycles. The third kappa shape index (κ3) is 4.19. The fraction of sp³-hybridized carbons (Fsp3) is 0.688. The monoisotopic (exact) mass is 328 g/mol. The van der Waals surface area contributed by atoms with E-state index in [0.717, 1.165) is 0 Å². The number of ether oxygens (including phenoxy) is 5. The molecule has 130 valence electrons. The summed E-state index contributed by atoms with van der Waals surface area (Å²) in [6.45, 7) is 9.08. The van der Waals surface area contributed by atoms with Crippen molar-refractivity contribution in [2.75, 3.05) is 19.8 Å². The molecule has 7 heteroatoms. The molecule has 0 unspecified atom stereocenters. The van der Waals surface area contributed by atoms with Gasteiger partial charge in [0.1, 0.15) is 18.3 Å². The third-order valence-corrected chi connectivity index (χ3v) is 3.54. The summed E-state index contributed by atoms with van der Waals surface area (Å²) < 4.78 is 28.0. The van der Waals surface area contributed by atoms with Crippen LogP contribution in [0.15, 0.2) is 24.3 Å². The Morgan fingerprint density at radius 2 is 2.13 bits per heavy atom. The highest BCUT2D eigenvalue weighted by Crippen LogP contribution is 2.40. The maximum atomic E-state index is 11.7. The molecule has 2 saturated heterocycles. The number of carbonyl (C=O) groups is 1. The number of aliphatic hydroxyl groups is 1. The molecule has 0 aromatic heterocycles. The molecule has 0 aliphatic carbocycles. The molecular weight excluding hydrogens is 304 g/mol. The standard InChI is InChI=1S/C16H24O7/c1-5-7-20-13-12(10(9-17)8-11(18)19-6-2)21-15-14(13)22-16(3,4)23-15/h5,8,12-15,17H,1,6-7,9H2,2-4H3/b10-8-/t12-,13-,14-,15-/m1/s1. The number of esters is 1. The minimum Gasteiger partial charge on any atom is -0.463 e. The lowest BCUT2D eigenvalue weighted by Crippen LogP contribution is -2.38. The highest BCUT2D eigenvalue weighted by Gasteiger charge is 2.56. The van der Waals surface area contributed by atoms with Gasteiger partial charge in [-0.2, -0.15) is 0 Å². The molecule has 2 fully saturated rings. The molecule has 1 N–H and O–H groups in total. The van der Waals surface area contributed by atoms with Gasteiger partial charge in [0.2, 0.25) is 0 Å². The summed E-state index contributed by atoms with van der Waals surface area (Å²) in [5.74, 6) is -1.32. The molecule has 0 spiro atoms. The largest absolute Gasteiger partial charge is 0.463 e. The van der Waals surface area contributed by atoms with Crippen molar-refractivity contribution in [3.8, 4) is 0 Å². The molecule has 2 aliphatic heterocycles. The summed E-state index contributed by atoms with van der Waals surface area (Å²) in [6, 6.07) is 0. The van der Waals surface area contributed by atoms with Gasteiger partial charge < -0.3 is 28.8 Å². The van der Waals surface area contributed by atoms with Gasteiger partial charge in [0, 0.05) is 6.08 Å². The first-order chi connectivity index (χ1) is 10.9. The molecule has 2 rings (SSSR count). The van der Waals surface area contributed by atoms with Crippen molar-refractivity contribution in [3.63, 3.8) is 0 Å². The van der Waals surface area contributed by atoms with Gasteiger partial charge in [-0.25, -0.2) is 4.79 Å². The predicted molar refractivity (Wildman–Crippen MR) is 80.4 cm³/mol. The summed E-state index contributed by atoms with van der Waals surface area (Å²) in [6.07, 6.45) is 0.584. The van der Waals surface area contributed by atoms with Crippen LogP contribution in [0, 0.1) is 0 Å². The highest BCUT2D eigenvalue weighted by atomic mass is 16.8. The molecule has 0 aromatic rings. The van der Waals surface area contributed by atoms with E-state index in [1.807, 2.05) is 0 Å². The number of hydrogen-bond acceptors (Lipinski definition) is 7. The van der Waals surface area contributed by atoms with Crippen molar-refractivity contribution in [2.24, 2.45) is 0 Å². The second kappa shape index (κ2) is 7.55. The van der Waals surface area contributed by atoms with Crippen LogP contribution in [-0.2, 0) is 28.5 Å². The number of hydrogen-bond donors (Lipinski definition) is 1. The predicted octanol–water partition coefficient (Wildman–Crippen LogP) is 0.916. The number of fused-ring (bicyclic) bond motifs is 1. The normalized spacial score (nSPS) is 32.6. The molecule has 4 atom stereocenters. The van der Waals surface area contributed by atoms with Gasteiger partial charge in [-0.1, -0.05) is 6.08 Å². The van der Waals surface area contributed by atoms with E-state index in [1.165, 1.54) is 6.08 Å². The van der Waals surface area contributed by atoms with Gasteiger partial charge in [-0.15, -0.1) is 6.58 Å². The smallest absolute Gasteiger partial charge is 0.330 e. The molecule has 2 aliphatic rings. The van der Waals surface area contributed by atoms with Gasteiger partial charge in [-0.3, -0.25) is 0 Å². The lowest BCUT2D eigenvalue weighted by atomic mass is 10.0. The third-order valence-electron chi connectivity index (χ3n) is 3.54. The topological polar surface area (TPSA) is 83.5 Å². The SMILES string of the molecule is C=CCO[C@H]1[C@H]2OC(C)(C)O[C@H]2O[C@@H]1/C(=C\C(=O)OCC)CO. The number of aliphatic hydroxyl groups excluding tert-OH is 1. The van der Waals surface area contributed by atoms with Crippen LogP contribution in [-0.4, -0.2) is 61.3 Å². The maximum absolute atomic E-state index is 11.7. The fourth-order valence-corrected chi connectivity index (χ4v) is 2.69. The number of carbonyl (C=O) groups excluding carboxylic acids is 1. The van der Waals surface area contributed by atoms with Crippen molar-refractivity contribution >= 4 is 5.97 Å². The fourth-order valence-electron chi connectivity index (χ4n) is 2.69. The van der Waals surface area contributed by atoms with E-state index < -0.39 is 36.4 Å². The van der Waals surface area contributed by atoms with E-state index in [9.17, 15) is 9.90 Å². The Kier molecular flexibility index (Phi) is 5.94. The highest BCUT2D eigenvalue weighted by molar-refractivity contribution is 5.83. The Labute approximate surface area is 135 Å². The first kappa shape index (κ1) is 18.1. The molecule has 0 radical (unpaired) electrons. The van der Waals surface area contributed by atoms with Crippen LogP contribution < -0.4 is 0 Å². The van der Waals surface area contributed by atoms with Gasteiger partial charge in [0.05, 0.1) is 19.8 Å². The second-order valence-electron chi connectivity index (χ2n) is 5.74. The van der Waals surface area contributed by atoms with Crippen molar-refractivity contribution in [1.82, 2.24) is 0 Å². The Morgan fingerprint density at radius 3 is 2.74 bits per heavy atom. The Morgan fingerprint density at radius 1 is 1.39 bits per heavy atom. The average Bonchev–Trinajstić information content (AvgIpc) is 2.95. The van der Waals surface area contributed by atoms with Crippen LogP contribution in [0.25, 0.3) is 0 Å². The second-order valence-corrected chi connectivity index (χ2v) is 5.74. The minimum atomic E-state index is -0.777. The zero-order valence-electron chi connectivity index (χ0n) is 13.7. The summed E-state index contributed by atoms with van der Waals surface area (Å²) in [5.41, 5.74) is 0.358. The van der Waals surface area contributed by atoms with Crippen LogP contribution >= 0.6 is 0 Å². The Hall–Kier alpha value is -1.25. The van der Waals surface area contributed by atoms with Crippen LogP contribution in [0.1, 0.15) is 20.8 Å². The first-order valence-electron chi connectivity index (χ1n) is 7.63. The van der Waals surface area contributed by atoms with Gasteiger partial charge in [0.15, 0.2) is 12.1 Å². The van der Waals surface area contributed by atoms with Crippen LogP contribution in [0.4, 0.5) is 0 Å². The van der Waals surface area contributed by atoms with Gasteiger partial charge in [0.25, 0.3) is 0 Å². The van der Waals surface area contributed by atoms with E-state index in [0.29, 0.717) is 5.57 Å². The molecular formula is C16H24O7. The Balaban J connectivity index is 2.19. The summed E-state index contributed by atoms with van der Waals surface area (Å²) in [7, 11) is 0. The first-order valence-corrected chi connectivity index (χ1v) is 7.63. The lowest BCUT2D eigenvalue weighted by Gasteiger charge is -2.26. The summed E-state index contributed by atoms with van der Waals surface area (Å²) in [4.78, 5) is 11.7. The Bertz CT molecular complexity index is 471. The summed E-state index contributed by atoms with van der Waals surface area (Å²) in [5, 5.41) is 9.60. The molecule has 0 saturated carbocycles. The van der Waals surface area contributed by atoms with E-state index in [1.54, 1.807) is 26.8 Å². The van der Waals surface area contributed by atoms with Crippen molar-refractivity contribution in [3.05, 3.63) is 24.3 Å². The van der Waals surface area contributed by atoms with Crippen LogP contribution in [0.5, 0.6) is 0 Å². The van der Waals surface area contributed by atoms with Crippen molar-refractivity contribution in [2.45, 2.75) is 51.2 Å². The summed E-state index contributed by atoms with van der Waals surface area (Å²) >= 11 is 0. The zero-order chi connectivity index (χ0) is 17.0. The van der Waals surface area contributed by atoms with Crippen molar-refractivity contribution < 1.29 is 33.6 Å². The van der Waals surface area contributed by atoms with E-state index in [4.69, 9.17) is 23.7 Å². The van der Waals surface area contributed by atoms with E-state index in [2.05, 4.69) is 6.58 Å². The minimum absolute atomic E-state index is 0.252. The van der Waals surface area contributed by atoms with Gasteiger partial charge >= 0.3 is 5.97 Å². The van der Waals surface area contributed by atoms with Crippen molar-refractivity contribution in [1.29, 1.82) is 0 Å². The number of rotatable bonds is 7. The molecule has 7 nitrogen and oxygen atoms in total. The maximum Gasteiger partial charge on any atom is 0.330 e. The molecule has 2 heterocycles. The van der Waals surface area contributed by atoms with Crippen LogP contribution in [0.2, 0.25) is 0 Å². The lowest BCUT2D eigenvalue weighted by molar-refractivity contribution is -0.213. The van der Waals surface area contributed by atoms with Gasteiger partial charge in [-0.05, 0) is 26.3 Å². The van der Waals surface area contributed by atoms with E-state index in [-0.39, 0.29) is 19.8 Å². The molecule has 23 heavy (non-hydrogen) atoms.